The summed E-state index contributed by atoms with van der Waals surface area (Å²) in [5.74, 6) is 0. The highest BCUT2D eigenvalue weighted by atomic mass is 16.5. The van der Waals surface area contributed by atoms with Crippen LogP contribution in [0.25, 0.3) is 0 Å². The lowest BCUT2D eigenvalue weighted by Gasteiger charge is -2.01. The van der Waals surface area contributed by atoms with Gasteiger partial charge in [-0.3, -0.25) is 0 Å². The highest BCUT2D eigenvalue weighted by molar-refractivity contribution is 4.32. The molecular weight excluding hydrogens is 78.0 g/mol. The smallest absolute Gasteiger partial charge is 0.119 e. The molecule has 0 bridgehead atoms. The predicted octanol–water partition coefficient (Wildman–Crippen LogP) is 0.213. The van der Waals surface area contributed by atoms with Gasteiger partial charge < -0.3 is 4.74 Å². The molecule has 1 unspecified atom stereocenters. The Morgan fingerprint density at radius 3 is 2.17 bits per heavy atom. The molecule has 0 N–H and O–H groups in total. The number of ether oxygens (including phenoxy) is 1. The summed E-state index contributed by atoms with van der Waals surface area (Å²) in [6.45, 7) is 1.89. The second-order valence-electron chi connectivity index (χ2n) is 1.09. The summed E-state index contributed by atoms with van der Waals surface area (Å²) in [5.41, 5.74) is 0. The van der Waals surface area contributed by atoms with E-state index in [0.29, 0.717) is 0 Å². The number of methoxy groups -OCH3 is 1. The van der Waals surface area contributed by atoms with Gasteiger partial charge in [0.1, 0.15) is 6.23 Å². The third kappa shape index (κ3) is 2.18. The van der Waals surface area contributed by atoms with E-state index < -0.39 is 0 Å². The standard InChI is InChI=1S/C4H10NO/c1-4(5-2)6-3/h4H,1-3H3. The predicted molar refractivity (Wildman–Crippen MR) is 24.5 cm³/mol. The van der Waals surface area contributed by atoms with Crippen LogP contribution in [0.5, 0.6) is 0 Å². The van der Waals surface area contributed by atoms with Crippen molar-refractivity contribution in [2.24, 2.45) is 0 Å². The topological polar surface area (TPSA) is 23.3 Å². The lowest BCUT2D eigenvalue weighted by molar-refractivity contribution is 0.0936. The molecule has 2 heteroatoms. The number of rotatable bonds is 2. The van der Waals surface area contributed by atoms with Crippen molar-refractivity contribution < 1.29 is 4.74 Å². The number of hydrogen-bond donors (Lipinski definition) is 0. The second-order valence-corrected chi connectivity index (χ2v) is 1.09. The Kier molecular flexibility index (Phi) is 3.08. The first-order valence-corrected chi connectivity index (χ1v) is 1.93. The molecule has 0 aromatic carbocycles. The van der Waals surface area contributed by atoms with E-state index in [1.807, 2.05) is 6.92 Å². The quantitative estimate of drug-likeness (QED) is 0.473. The van der Waals surface area contributed by atoms with E-state index in [-0.39, 0.29) is 6.23 Å². The van der Waals surface area contributed by atoms with Crippen LogP contribution in [-0.4, -0.2) is 20.4 Å². The highest BCUT2D eigenvalue weighted by Gasteiger charge is 1.88. The van der Waals surface area contributed by atoms with E-state index in [0.717, 1.165) is 0 Å². The minimum absolute atomic E-state index is 0.0602. The maximum Gasteiger partial charge on any atom is 0.119 e. The Morgan fingerprint density at radius 1 is 1.67 bits per heavy atom. The molecule has 0 rings (SSSR count). The molecule has 0 aromatic rings. The van der Waals surface area contributed by atoms with Crippen molar-refractivity contribution in [1.29, 1.82) is 0 Å². The molecule has 0 aliphatic heterocycles. The van der Waals surface area contributed by atoms with Crippen molar-refractivity contribution in [3.63, 3.8) is 0 Å². The Labute approximate surface area is 38.5 Å². The average Bonchev–Trinajstić information content (AvgIpc) is 1.65. The summed E-state index contributed by atoms with van der Waals surface area (Å²) in [6, 6.07) is 0. The van der Waals surface area contributed by atoms with Crippen molar-refractivity contribution in [1.82, 2.24) is 5.32 Å². The minimum Gasteiger partial charge on any atom is -0.365 e. The molecule has 37 valence electrons. The van der Waals surface area contributed by atoms with Gasteiger partial charge in [-0.1, -0.05) is 0 Å². The summed E-state index contributed by atoms with van der Waals surface area (Å²) in [5, 5.41) is 3.78. The molecule has 2 nitrogen and oxygen atoms in total. The largest absolute Gasteiger partial charge is 0.365 e. The molecule has 0 saturated heterocycles. The zero-order chi connectivity index (χ0) is 4.99. The van der Waals surface area contributed by atoms with Crippen molar-refractivity contribution in [3.05, 3.63) is 0 Å². The Hall–Kier alpha value is -0.0800. The van der Waals surface area contributed by atoms with Gasteiger partial charge in [0.25, 0.3) is 0 Å². The number of nitrogens with zero attached hydrogens (tertiary/aromatic N) is 1. The summed E-state index contributed by atoms with van der Waals surface area (Å²) < 4.78 is 4.73. The fourth-order valence-corrected chi connectivity index (χ4v) is 0.105. The molecule has 0 aromatic heterocycles. The minimum atomic E-state index is 0.0602. The van der Waals surface area contributed by atoms with Gasteiger partial charge in [-0.25, -0.2) is 5.32 Å². The second kappa shape index (κ2) is 3.12. The zero-order valence-corrected chi connectivity index (χ0v) is 4.43. The van der Waals surface area contributed by atoms with Crippen LogP contribution < -0.4 is 5.32 Å². The molecule has 1 atom stereocenters. The molecule has 0 aliphatic carbocycles. The molecule has 0 amide bonds. The summed E-state index contributed by atoms with van der Waals surface area (Å²) >= 11 is 0. The Morgan fingerprint density at radius 2 is 2.17 bits per heavy atom. The van der Waals surface area contributed by atoms with Crippen LogP contribution in [0.4, 0.5) is 0 Å². The van der Waals surface area contributed by atoms with Crippen LogP contribution in [0.2, 0.25) is 0 Å². The van der Waals surface area contributed by atoms with Gasteiger partial charge >= 0.3 is 0 Å². The first kappa shape index (κ1) is 5.92. The third-order valence-electron chi connectivity index (χ3n) is 0.705. The first-order chi connectivity index (χ1) is 2.81. The van der Waals surface area contributed by atoms with Gasteiger partial charge in [0.05, 0.1) is 0 Å². The molecule has 0 spiro atoms. The van der Waals surface area contributed by atoms with Gasteiger partial charge in [0.2, 0.25) is 0 Å². The van der Waals surface area contributed by atoms with Crippen LogP contribution >= 0.6 is 0 Å². The lowest BCUT2D eigenvalue weighted by Crippen LogP contribution is -2.15. The zero-order valence-electron chi connectivity index (χ0n) is 4.43. The van der Waals surface area contributed by atoms with E-state index in [2.05, 4.69) is 5.32 Å². The van der Waals surface area contributed by atoms with E-state index in [1.54, 1.807) is 14.2 Å². The average molecular weight is 88.1 g/mol. The molecule has 6 heavy (non-hydrogen) atoms. The maximum atomic E-state index is 4.73. The van der Waals surface area contributed by atoms with Crippen LogP contribution in [0.1, 0.15) is 6.92 Å². The molecular formula is C4H10NO. The SMILES string of the molecule is C[N]C(C)OC. The van der Waals surface area contributed by atoms with Crippen LogP contribution in [-0.2, 0) is 4.74 Å². The van der Waals surface area contributed by atoms with E-state index in [4.69, 9.17) is 4.74 Å². The van der Waals surface area contributed by atoms with Gasteiger partial charge in [0.15, 0.2) is 0 Å². The van der Waals surface area contributed by atoms with Crippen LogP contribution in [0.15, 0.2) is 0 Å². The molecule has 0 fully saturated rings. The highest BCUT2D eigenvalue weighted by Crippen LogP contribution is 1.76. The Bertz CT molecular complexity index is 26.7. The summed E-state index contributed by atoms with van der Waals surface area (Å²) in [7, 11) is 3.37. The van der Waals surface area contributed by atoms with E-state index in [9.17, 15) is 0 Å². The lowest BCUT2D eigenvalue weighted by atomic mass is 10.7. The van der Waals surface area contributed by atoms with Crippen LogP contribution in [0, 0.1) is 0 Å². The fraction of sp³-hybridized carbons (Fsp3) is 1.00. The first-order valence-electron chi connectivity index (χ1n) is 1.93. The van der Waals surface area contributed by atoms with Gasteiger partial charge in [-0.15, -0.1) is 0 Å². The van der Waals surface area contributed by atoms with Gasteiger partial charge in [-0.05, 0) is 6.92 Å². The third-order valence-corrected chi connectivity index (χ3v) is 0.705. The van der Waals surface area contributed by atoms with Crippen molar-refractivity contribution >= 4 is 0 Å². The molecule has 1 radical (unpaired) electrons. The number of hydrogen-bond acceptors (Lipinski definition) is 1. The van der Waals surface area contributed by atoms with E-state index >= 15 is 0 Å². The van der Waals surface area contributed by atoms with Crippen molar-refractivity contribution in [2.75, 3.05) is 14.2 Å². The molecule has 0 saturated carbocycles. The molecule has 0 aliphatic rings. The fourth-order valence-electron chi connectivity index (χ4n) is 0.105. The van der Waals surface area contributed by atoms with E-state index in [1.165, 1.54) is 0 Å². The van der Waals surface area contributed by atoms with Gasteiger partial charge in [0, 0.05) is 14.2 Å². The monoisotopic (exact) mass is 88.1 g/mol. The van der Waals surface area contributed by atoms with Crippen molar-refractivity contribution in [2.45, 2.75) is 13.2 Å². The molecule has 0 heterocycles. The Balaban J connectivity index is 2.75. The van der Waals surface area contributed by atoms with Crippen LogP contribution in [0.3, 0.4) is 0 Å². The normalized spacial score (nSPS) is 14.5. The summed E-state index contributed by atoms with van der Waals surface area (Å²) in [4.78, 5) is 0. The van der Waals surface area contributed by atoms with Gasteiger partial charge in [-0.2, -0.15) is 0 Å². The summed E-state index contributed by atoms with van der Waals surface area (Å²) in [6.07, 6.45) is 0.0602. The maximum absolute atomic E-state index is 4.73. The van der Waals surface area contributed by atoms with Crippen molar-refractivity contribution in [3.8, 4) is 0 Å².